The summed E-state index contributed by atoms with van der Waals surface area (Å²) in [7, 11) is 0. The van der Waals surface area contributed by atoms with Crippen LogP contribution in [0.3, 0.4) is 0 Å². The molecule has 192 valence electrons. The number of fused-ring (bicyclic) bond motifs is 2. The van der Waals surface area contributed by atoms with Crippen molar-refractivity contribution < 1.29 is 13.9 Å². The third kappa shape index (κ3) is 5.14. The lowest BCUT2D eigenvalue weighted by Gasteiger charge is -2.24. The number of benzene rings is 3. The number of hydrogen-bond donors (Lipinski definition) is 1. The highest BCUT2D eigenvalue weighted by Crippen LogP contribution is 2.38. The molecule has 0 radical (unpaired) electrons. The van der Waals surface area contributed by atoms with Crippen molar-refractivity contribution in [3.63, 3.8) is 0 Å². The van der Waals surface area contributed by atoms with E-state index >= 15 is 0 Å². The van der Waals surface area contributed by atoms with E-state index in [0.717, 1.165) is 35.4 Å². The number of allylic oxidation sites excluding steroid dienone is 1. The summed E-state index contributed by atoms with van der Waals surface area (Å²) in [6, 6.07) is 21.4. The topological polar surface area (TPSA) is 86.4 Å². The molecule has 2 aromatic heterocycles. The van der Waals surface area contributed by atoms with Gasteiger partial charge in [-0.25, -0.2) is 4.98 Å². The van der Waals surface area contributed by atoms with Crippen molar-refractivity contribution >= 4 is 33.8 Å². The molecule has 0 fully saturated rings. The molecular formula is C32H31N3O3. The Morgan fingerprint density at radius 1 is 0.947 bits per heavy atom. The fourth-order valence-electron chi connectivity index (χ4n) is 4.64. The Bertz CT molecular complexity index is 1610. The van der Waals surface area contributed by atoms with E-state index in [2.05, 4.69) is 48.0 Å². The van der Waals surface area contributed by atoms with Crippen molar-refractivity contribution in [2.75, 3.05) is 18.0 Å². The maximum atomic E-state index is 10.8. The molecule has 0 saturated heterocycles. The first-order chi connectivity index (χ1) is 18.6. The summed E-state index contributed by atoms with van der Waals surface area (Å²) >= 11 is 0. The van der Waals surface area contributed by atoms with Gasteiger partial charge in [0.2, 0.25) is 5.89 Å². The number of aromatic nitrogens is 1. The predicted molar refractivity (Wildman–Crippen MR) is 153 cm³/mol. The van der Waals surface area contributed by atoms with Crippen molar-refractivity contribution in [1.29, 1.82) is 5.26 Å². The number of hydrogen-bond acceptors (Lipinski definition) is 6. The molecule has 0 unspecified atom stereocenters. The molecule has 38 heavy (non-hydrogen) atoms. The van der Waals surface area contributed by atoms with E-state index in [-0.39, 0.29) is 5.75 Å². The number of phenols is 1. The second kappa shape index (κ2) is 11.3. The summed E-state index contributed by atoms with van der Waals surface area (Å²) in [5.74, 6) is 1.07. The average Bonchev–Trinajstić information content (AvgIpc) is 3.56. The smallest absolute Gasteiger partial charge is 0.231 e. The predicted octanol–water partition coefficient (Wildman–Crippen LogP) is 8.56. The van der Waals surface area contributed by atoms with Crippen molar-refractivity contribution in [1.82, 2.24) is 4.98 Å². The van der Waals surface area contributed by atoms with Gasteiger partial charge in [-0.05, 0) is 61.4 Å². The van der Waals surface area contributed by atoms with Crippen LogP contribution in [0.25, 0.3) is 50.9 Å². The fraction of sp³-hybridized carbons (Fsp3) is 0.250. The number of aromatic hydroxyl groups is 1. The van der Waals surface area contributed by atoms with E-state index in [1.54, 1.807) is 12.1 Å². The zero-order valence-electron chi connectivity index (χ0n) is 21.8. The molecule has 3 aromatic carbocycles. The number of nitriles is 1. The Balaban J connectivity index is 1.45. The number of nitrogens with zero attached hydrogens (tertiary/aromatic N) is 3. The maximum absolute atomic E-state index is 10.8. The molecule has 6 nitrogen and oxygen atoms in total. The minimum atomic E-state index is 0.0249. The highest BCUT2D eigenvalue weighted by atomic mass is 16.4. The van der Waals surface area contributed by atoms with Crippen LogP contribution in [0, 0.1) is 11.3 Å². The highest BCUT2D eigenvalue weighted by Gasteiger charge is 2.17. The largest absolute Gasteiger partial charge is 0.507 e. The first kappa shape index (κ1) is 25.2. The van der Waals surface area contributed by atoms with Gasteiger partial charge in [0.1, 0.15) is 22.6 Å². The fourth-order valence-corrected chi connectivity index (χ4v) is 4.64. The lowest BCUT2D eigenvalue weighted by Crippen LogP contribution is -2.25. The normalized spacial score (nSPS) is 11.5. The maximum Gasteiger partial charge on any atom is 0.231 e. The molecule has 0 spiro atoms. The highest BCUT2D eigenvalue weighted by molar-refractivity contribution is 5.91. The molecule has 0 atom stereocenters. The van der Waals surface area contributed by atoms with Crippen LogP contribution in [-0.4, -0.2) is 23.2 Å². The van der Waals surface area contributed by atoms with Gasteiger partial charge < -0.3 is 18.8 Å². The molecule has 5 aromatic rings. The van der Waals surface area contributed by atoms with Crippen molar-refractivity contribution in [2.24, 2.45) is 0 Å². The summed E-state index contributed by atoms with van der Waals surface area (Å²) in [6.07, 6.45) is 7.81. The molecular weight excluding hydrogens is 474 g/mol. The van der Waals surface area contributed by atoms with Crippen molar-refractivity contribution in [3.8, 4) is 34.6 Å². The Morgan fingerprint density at radius 3 is 2.42 bits per heavy atom. The molecule has 2 heterocycles. The molecule has 6 heteroatoms. The number of phenolic OH excluding ortho intramolecular Hbond substituents is 1. The molecule has 0 aliphatic carbocycles. The summed E-state index contributed by atoms with van der Waals surface area (Å²) in [5, 5.41) is 20.5. The molecule has 0 aliphatic heterocycles. The summed E-state index contributed by atoms with van der Waals surface area (Å²) in [4.78, 5) is 7.07. The number of rotatable bonds is 10. The lowest BCUT2D eigenvalue weighted by molar-refractivity contribution is 0.473. The summed E-state index contributed by atoms with van der Waals surface area (Å²) < 4.78 is 12.1. The number of furan rings is 1. The summed E-state index contributed by atoms with van der Waals surface area (Å²) in [6.45, 7) is 6.58. The van der Waals surface area contributed by atoms with Gasteiger partial charge >= 0.3 is 0 Å². The first-order valence-corrected chi connectivity index (χ1v) is 13.2. The SMILES string of the molecule is CCCCN(CCCC)c1ccc(-c2cc3cc(-c4nc5c(/C=C/C#N)cccc5o4)c(O)cc3o2)cc1. The van der Waals surface area contributed by atoms with Crippen LogP contribution in [0.1, 0.15) is 45.1 Å². The molecule has 0 saturated carbocycles. The third-order valence-electron chi connectivity index (χ3n) is 6.73. The van der Waals surface area contributed by atoms with Gasteiger partial charge in [0.05, 0.1) is 11.6 Å². The van der Waals surface area contributed by atoms with Gasteiger partial charge in [-0.1, -0.05) is 38.8 Å². The first-order valence-electron chi connectivity index (χ1n) is 13.2. The summed E-state index contributed by atoms with van der Waals surface area (Å²) in [5.41, 5.74) is 5.27. The van der Waals surface area contributed by atoms with Crippen LogP contribution in [0.4, 0.5) is 5.69 Å². The number of oxazole rings is 1. The van der Waals surface area contributed by atoms with Gasteiger partial charge in [0.25, 0.3) is 0 Å². The molecule has 0 amide bonds. The van der Waals surface area contributed by atoms with Crippen molar-refractivity contribution in [2.45, 2.75) is 39.5 Å². The van der Waals surface area contributed by atoms with E-state index in [9.17, 15) is 5.11 Å². The Hall–Kier alpha value is -4.50. The van der Waals surface area contributed by atoms with E-state index in [1.165, 1.54) is 37.4 Å². The van der Waals surface area contributed by atoms with Gasteiger partial charge in [-0.2, -0.15) is 5.26 Å². The molecule has 0 aliphatic rings. The quantitative estimate of drug-likeness (QED) is 0.191. The van der Waals surface area contributed by atoms with Crippen LogP contribution in [0.2, 0.25) is 0 Å². The van der Waals surface area contributed by atoms with Gasteiger partial charge in [0.15, 0.2) is 5.58 Å². The molecule has 0 bridgehead atoms. The Kier molecular flexibility index (Phi) is 7.46. The van der Waals surface area contributed by atoms with E-state index in [1.807, 2.05) is 36.4 Å². The second-order valence-electron chi connectivity index (χ2n) is 9.43. The van der Waals surface area contributed by atoms with E-state index < -0.39 is 0 Å². The van der Waals surface area contributed by atoms with Crippen LogP contribution in [0.15, 0.2) is 75.6 Å². The minimum Gasteiger partial charge on any atom is -0.507 e. The van der Waals surface area contributed by atoms with E-state index in [0.29, 0.717) is 28.1 Å². The van der Waals surface area contributed by atoms with Crippen molar-refractivity contribution in [3.05, 3.63) is 72.3 Å². The van der Waals surface area contributed by atoms with Gasteiger partial charge in [-0.3, -0.25) is 0 Å². The van der Waals surface area contributed by atoms with Gasteiger partial charge in [0, 0.05) is 47.4 Å². The Labute approximate surface area is 222 Å². The Morgan fingerprint density at radius 2 is 1.71 bits per heavy atom. The van der Waals surface area contributed by atoms with E-state index in [4.69, 9.17) is 14.1 Å². The standard InChI is InChI=1S/C32H31N3O3/c1-3-5-17-35(18-6-4-2)25-14-12-22(13-15-25)29-20-24-19-26(27(36)21-30(24)37-29)32-34-31-23(10-8-16-33)9-7-11-28(31)38-32/h7-15,19-21,36H,3-6,17-18H2,1-2H3/b10-8+. The molecule has 1 N–H and O–H groups in total. The van der Waals surface area contributed by atoms with Gasteiger partial charge in [-0.15, -0.1) is 0 Å². The number of anilines is 1. The van der Waals surface area contributed by atoms with Crippen LogP contribution in [0.5, 0.6) is 5.75 Å². The lowest BCUT2D eigenvalue weighted by atomic mass is 10.1. The molecule has 5 rings (SSSR count). The zero-order chi connectivity index (χ0) is 26.5. The van der Waals surface area contributed by atoms with Crippen LogP contribution >= 0.6 is 0 Å². The number of unbranched alkanes of at least 4 members (excludes halogenated alkanes) is 2. The second-order valence-corrected chi connectivity index (χ2v) is 9.43. The third-order valence-corrected chi connectivity index (χ3v) is 6.73. The zero-order valence-corrected chi connectivity index (χ0v) is 21.8. The number of para-hydroxylation sites is 1. The average molecular weight is 506 g/mol. The van der Waals surface area contributed by atoms with Crippen LogP contribution in [-0.2, 0) is 0 Å². The van der Waals surface area contributed by atoms with Crippen LogP contribution < -0.4 is 4.90 Å². The monoisotopic (exact) mass is 505 g/mol. The minimum absolute atomic E-state index is 0.0249.